The average molecular weight is 210 g/mol. The number of hydrogen-bond acceptors (Lipinski definition) is 3. The van der Waals surface area contributed by atoms with Crippen LogP contribution in [0.15, 0.2) is 0 Å². The van der Waals surface area contributed by atoms with Crippen LogP contribution in [0.25, 0.3) is 0 Å². The molecule has 0 bridgehead atoms. The highest BCUT2D eigenvalue weighted by atomic mass is 16.5. The lowest BCUT2D eigenvalue weighted by Crippen LogP contribution is -2.40. The Hall–Kier alpha value is -0.860. The first-order chi connectivity index (χ1) is 7.20. The van der Waals surface area contributed by atoms with Crippen LogP contribution in [0, 0.1) is 11.3 Å². The van der Waals surface area contributed by atoms with Crippen molar-refractivity contribution in [2.75, 3.05) is 6.61 Å². The van der Waals surface area contributed by atoms with E-state index in [-0.39, 0.29) is 17.7 Å². The Balaban J connectivity index is 2.22. The average Bonchev–Trinajstić information content (AvgIpc) is 2.59. The standard InChI is InChI=1S/C12H18O3/c1-2-15-11(14)12-7-4-3-5-9(12)10(13)6-8-12/h9H,2-8H2,1H3. The Kier molecular flexibility index (Phi) is 2.81. The molecule has 0 N–H and O–H groups in total. The van der Waals surface area contributed by atoms with E-state index in [9.17, 15) is 9.59 Å². The molecule has 2 unspecified atom stereocenters. The Morgan fingerprint density at radius 3 is 3.00 bits per heavy atom. The van der Waals surface area contributed by atoms with Crippen LogP contribution in [0.3, 0.4) is 0 Å². The minimum absolute atomic E-state index is 0.0368. The third kappa shape index (κ3) is 1.58. The second-order valence-electron chi connectivity index (χ2n) is 4.64. The van der Waals surface area contributed by atoms with Crippen molar-refractivity contribution in [3.05, 3.63) is 0 Å². The Labute approximate surface area is 90.2 Å². The smallest absolute Gasteiger partial charge is 0.312 e. The molecule has 0 aromatic carbocycles. The first kappa shape index (κ1) is 10.7. The monoisotopic (exact) mass is 210 g/mol. The molecule has 2 fully saturated rings. The van der Waals surface area contributed by atoms with Gasteiger partial charge in [-0.05, 0) is 26.2 Å². The van der Waals surface area contributed by atoms with E-state index in [2.05, 4.69) is 0 Å². The van der Waals surface area contributed by atoms with Crippen molar-refractivity contribution in [3.8, 4) is 0 Å². The molecule has 0 heterocycles. The quantitative estimate of drug-likeness (QED) is 0.655. The molecule has 15 heavy (non-hydrogen) atoms. The molecule has 0 spiro atoms. The highest BCUT2D eigenvalue weighted by Gasteiger charge is 2.54. The molecule has 0 aliphatic heterocycles. The van der Waals surface area contributed by atoms with Gasteiger partial charge < -0.3 is 4.74 Å². The van der Waals surface area contributed by atoms with Gasteiger partial charge in [-0.1, -0.05) is 12.8 Å². The van der Waals surface area contributed by atoms with Crippen LogP contribution in [-0.2, 0) is 14.3 Å². The molecule has 0 radical (unpaired) electrons. The second-order valence-corrected chi connectivity index (χ2v) is 4.64. The van der Waals surface area contributed by atoms with Crippen LogP contribution in [0.4, 0.5) is 0 Å². The third-order valence-corrected chi connectivity index (χ3v) is 3.92. The zero-order valence-corrected chi connectivity index (χ0v) is 9.25. The number of rotatable bonds is 2. The number of carbonyl (C=O) groups excluding carboxylic acids is 2. The number of hydrogen-bond donors (Lipinski definition) is 0. The van der Waals surface area contributed by atoms with Crippen molar-refractivity contribution in [1.29, 1.82) is 0 Å². The van der Waals surface area contributed by atoms with Crippen LogP contribution >= 0.6 is 0 Å². The normalized spacial score (nSPS) is 35.0. The molecule has 84 valence electrons. The van der Waals surface area contributed by atoms with Crippen molar-refractivity contribution in [2.45, 2.75) is 45.4 Å². The van der Waals surface area contributed by atoms with Gasteiger partial charge in [-0.15, -0.1) is 0 Å². The molecule has 0 saturated heterocycles. The minimum atomic E-state index is -0.439. The lowest BCUT2D eigenvalue weighted by atomic mass is 9.68. The predicted molar refractivity (Wildman–Crippen MR) is 55.3 cm³/mol. The van der Waals surface area contributed by atoms with Crippen LogP contribution in [0.2, 0.25) is 0 Å². The van der Waals surface area contributed by atoms with E-state index in [1.165, 1.54) is 0 Å². The maximum Gasteiger partial charge on any atom is 0.312 e. The number of Topliss-reactive ketones (excluding diaryl/α,β-unsaturated/α-hetero) is 1. The number of ketones is 1. The van der Waals surface area contributed by atoms with Crippen LogP contribution in [0.1, 0.15) is 45.4 Å². The van der Waals surface area contributed by atoms with Gasteiger partial charge in [0.15, 0.2) is 0 Å². The summed E-state index contributed by atoms with van der Waals surface area (Å²) in [5.41, 5.74) is -0.439. The molecule has 2 rings (SSSR count). The summed E-state index contributed by atoms with van der Waals surface area (Å²) in [4.78, 5) is 23.7. The van der Waals surface area contributed by atoms with Gasteiger partial charge in [0.1, 0.15) is 5.78 Å². The SMILES string of the molecule is CCOC(=O)C12CCCCC1C(=O)CC2. The van der Waals surface area contributed by atoms with E-state index in [0.29, 0.717) is 13.0 Å². The molecule has 2 aliphatic rings. The van der Waals surface area contributed by atoms with Crippen LogP contribution in [-0.4, -0.2) is 18.4 Å². The van der Waals surface area contributed by atoms with Gasteiger partial charge in [-0.3, -0.25) is 9.59 Å². The van der Waals surface area contributed by atoms with E-state index < -0.39 is 5.41 Å². The van der Waals surface area contributed by atoms with Crippen LogP contribution in [0.5, 0.6) is 0 Å². The van der Waals surface area contributed by atoms with Gasteiger partial charge in [0.25, 0.3) is 0 Å². The Morgan fingerprint density at radius 2 is 2.27 bits per heavy atom. The number of fused-ring (bicyclic) bond motifs is 1. The van der Waals surface area contributed by atoms with Gasteiger partial charge in [-0.25, -0.2) is 0 Å². The minimum Gasteiger partial charge on any atom is -0.466 e. The van der Waals surface area contributed by atoms with Crippen molar-refractivity contribution in [1.82, 2.24) is 0 Å². The van der Waals surface area contributed by atoms with Gasteiger partial charge in [0, 0.05) is 12.3 Å². The summed E-state index contributed by atoms with van der Waals surface area (Å²) in [6.07, 6.45) is 5.17. The first-order valence-electron chi connectivity index (χ1n) is 5.90. The molecule has 2 saturated carbocycles. The number of ether oxygens (including phenoxy) is 1. The Morgan fingerprint density at radius 1 is 1.47 bits per heavy atom. The first-order valence-corrected chi connectivity index (χ1v) is 5.90. The second kappa shape index (κ2) is 3.95. The number of carbonyl (C=O) groups is 2. The third-order valence-electron chi connectivity index (χ3n) is 3.92. The lowest BCUT2D eigenvalue weighted by molar-refractivity contribution is -0.161. The maximum absolute atomic E-state index is 12.0. The summed E-state index contributed by atoms with van der Waals surface area (Å²) in [7, 11) is 0. The summed E-state index contributed by atoms with van der Waals surface area (Å²) < 4.78 is 5.14. The Bertz CT molecular complexity index is 285. The highest BCUT2D eigenvalue weighted by Crippen LogP contribution is 2.51. The highest BCUT2D eigenvalue weighted by molar-refractivity contribution is 5.93. The molecule has 0 aromatic heterocycles. The summed E-state index contributed by atoms with van der Waals surface area (Å²) in [6.45, 7) is 2.24. The van der Waals surface area contributed by atoms with E-state index in [1.807, 2.05) is 6.92 Å². The van der Waals surface area contributed by atoms with Crippen molar-refractivity contribution in [2.24, 2.45) is 11.3 Å². The molecule has 2 atom stereocenters. The summed E-state index contributed by atoms with van der Waals surface area (Å²) in [5, 5.41) is 0. The predicted octanol–water partition coefficient (Wildman–Crippen LogP) is 2.09. The van der Waals surface area contributed by atoms with E-state index in [4.69, 9.17) is 4.74 Å². The summed E-state index contributed by atoms with van der Waals surface area (Å²) in [5.74, 6) is 0.119. The molecule has 2 aliphatic carbocycles. The summed E-state index contributed by atoms with van der Waals surface area (Å²) >= 11 is 0. The molecule has 3 heteroatoms. The maximum atomic E-state index is 12.0. The lowest BCUT2D eigenvalue weighted by Gasteiger charge is -2.35. The summed E-state index contributed by atoms with van der Waals surface area (Å²) in [6, 6.07) is 0. The fourth-order valence-corrected chi connectivity index (χ4v) is 3.15. The molecular weight excluding hydrogens is 192 g/mol. The fourth-order valence-electron chi connectivity index (χ4n) is 3.15. The molecule has 0 aromatic rings. The zero-order valence-electron chi connectivity index (χ0n) is 9.25. The largest absolute Gasteiger partial charge is 0.466 e. The van der Waals surface area contributed by atoms with Gasteiger partial charge in [0.2, 0.25) is 0 Å². The van der Waals surface area contributed by atoms with E-state index >= 15 is 0 Å². The molecule has 0 amide bonds. The zero-order chi connectivity index (χ0) is 10.9. The van der Waals surface area contributed by atoms with E-state index in [0.717, 1.165) is 32.1 Å². The van der Waals surface area contributed by atoms with Crippen molar-refractivity contribution in [3.63, 3.8) is 0 Å². The van der Waals surface area contributed by atoms with Crippen molar-refractivity contribution < 1.29 is 14.3 Å². The molecule has 3 nitrogen and oxygen atoms in total. The van der Waals surface area contributed by atoms with E-state index in [1.54, 1.807) is 0 Å². The fraction of sp³-hybridized carbons (Fsp3) is 0.833. The van der Waals surface area contributed by atoms with Gasteiger partial charge in [0.05, 0.1) is 12.0 Å². The van der Waals surface area contributed by atoms with Gasteiger partial charge >= 0.3 is 5.97 Å². The molecular formula is C12H18O3. The van der Waals surface area contributed by atoms with Crippen molar-refractivity contribution >= 4 is 11.8 Å². The topological polar surface area (TPSA) is 43.4 Å². The number of esters is 1. The van der Waals surface area contributed by atoms with Gasteiger partial charge in [-0.2, -0.15) is 0 Å². The van der Waals surface area contributed by atoms with Crippen LogP contribution < -0.4 is 0 Å².